The Labute approximate surface area is 125 Å². The van der Waals surface area contributed by atoms with E-state index in [1.54, 1.807) is 0 Å². The lowest BCUT2D eigenvalue weighted by Crippen LogP contribution is -2.09. The Hall–Kier alpha value is -0.990. The summed E-state index contributed by atoms with van der Waals surface area (Å²) in [6, 6.07) is 0. The second-order valence-electron chi connectivity index (χ2n) is 5.59. The maximum Gasteiger partial charge on any atom is 0.142 e. The van der Waals surface area contributed by atoms with Crippen LogP contribution in [0.15, 0.2) is 17.3 Å². The van der Waals surface area contributed by atoms with Crippen LogP contribution in [0.25, 0.3) is 0 Å². The summed E-state index contributed by atoms with van der Waals surface area (Å²) in [5, 5.41) is 11.3. The Kier molecular flexibility index (Phi) is 15.3. The lowest BCUT2D eigenvalue weighted by molar-refractivity contribution is 0.317. The number of nitrogens with zero attached hydrogens (tertiary/aromatic N) is 1. The molecule has 118 valence electrons. The maximum atomic E-state index is 8.37. The Bertz CT molecular complexity index is 249. The van der Waals surface area contributed by atoms with Crippen molar-refractivity contribution in [1.29, 1.82) is 0 Å². The number of oxime groups is 1. The summed E-state index contributed by atoms with van der Waals surface area (Å²) in [4.78, 5) is 0. The fourth-order valence-corrected chi connectivity index (χ4v) is 2.29. The number of amidine groups is 1. The molecule has 0 saturated heterocycles. The van der Waals surface area contributed by atoms with Crippen molar-refractivity contribution in [1.82, 2.24) is 0 Å². The molecule has 20 heavy (non-hydrogen) atoms. The molecular formula is C17H34N2O. The van der Waals surface area contributed by atoms with Gasteiger partial charge in [0, 0.05) is 6.42 Å². The number of hydrogen-bond acceptors (Lipinski definition) is 2. The minimum Gasteiger partial charge on any atom is -0.409 e. The van der Waals surface area contributed by atoms with Gasteiger partial charge in [0.2, 0.25) is 0 Å². The molecule has 0 spiro atoms. The zero-order valence-corrected chi connectivity index (χ0v) is 13.3. The van der Waals surface area contributed by atoms with E-state index in [1.165, 1.54) is 70.6 Å². The van der Waals surface area contributed by atoms with Gasteiger partial charge in [-0.25, -0.2) is 0 Å². The van der Waals surface area contributed by atoms with Gasteiger partial charge in [0.25, 0.3) is 0 Å². The van der Waals surface area contributed by atoms with E-state index in [4.69, 9.17) is 10.9 Å². The Morgan fingerprint density at radius 2 is 1.35 bits per heavy atom. The second kappa shape index (κ2) is 16.1. The van der Waals surface area contributed by atoms with Gasteiger partial charge in [-0.2, -0.15) is 0 Å². The van der Waals surface area contributed by atoms with E-state index in [0.717, 1.165) is 6.42 Å². The molecule has 0 fully saturated rings. The molecule has 0 rings (SSSR count). The molecule has 3 nitrogen and oxygen atoms in total. The number of allylic oxidation sites excluding steroid dienone is 1. The van der Waals surface area contributed by atoms with Crippen LogP contribution in [0.4, 0.5) is 0 Å². The molecule has 0 saturated carbocycles. The van der Waals surface area contributed by atoms with E-state index >= 15 is 0 Å². The normalized spacial score (nSPS) is 12.3. The molecule has 0 amide bonds. The fraction of sp³-hybridized carbons (Fsp3) is 0.824. The standard InChI is InChI=1S/C17H34N2O/c1-2-3-4-5-6-7-8-9-10-11-12-13-14-15-16-17(18)19-20/h14-15,20H,2-13,16H2,1H3,(H2,18,19)/b15-14+. The van der Waals surface area contributed by atoms with Gasteiger partial charge >= 0.3 is 0 Å². The van der Waals surface area contributed by atoms with Crippen molar-refractivity contribution in [3.8, 4) is 0 Å². The molecular weight excluding hydrogens is 248 g/mol. The van der Waals surface area contributed by atoms with Gasteiger partial charge in [-0.3, -0.25) is 0 Å². The van der Waals surface area contributed by atoms with Gasteiger partial charge in [-0.05, 0) is 12.8 Å². The molecule has 3 heteroatoms. The topological polar surface area (TPSA) is 58.6 Å². The van der Waals surface area contributed by atoms with Crippen molar-refractivity contribution < 1.29 is 5.21 Å². The first-order valence-electron chi connectivity index (χ1n) is 8.42. The van der Waals surface area contributed by atoms with Gasteiger partial charge in [-0.15, -0.1) is 0 Å². The van der Waals surface area contributed by atoms with Crippen molar-refractivity contribution in [2.45, 2.75) is 90.4 Å². The van der Waals surface area contributed by atoms with Crippen molar-refractivity contribution in [3.63, 3.8) is 0 Å². The molecule has 0 aromatic carbocycles. The van der Waals surface area contributed by atoms with Crippen LogP contribution in [-0.4, -0.2) is 11.0 Å². The smallest absolute Gasteiger partial charge is 0.142 e. The summed E-state index contributed by atoms with van der Waals surface area (Å²) in [5.74, 6) is 0.278. The molecule has 0 bridgehead atoms. The van der Waals surface area contributed by atoms with Crippen LogP contribution in [0.3, 0.4) is 0 Å². The van der Waals surface area contributed by atoms with Gasteiger partial charge in [0.15, 0.2) is 0 Å². The van der Waals surface area contributed by atoms with E-state index in [-0.39, 0.29) is 5.84 Å². The molecule has 3 N–H and O–H groups in total. The van der Waals surface area contributed by atoms with Crippen LogP contribution in [0, 0.1) is 0 Å². The van der Waals surface area contributed by atoms with Crippen molar-refractivity contribution in [2.24, 2.45) is 10.9 Å². The third-order valence-electron chi connectivity index (χ3n) is 3.60. The molecule has 0 aromatic heterocycles. The first-order valence-corrected chi connectivity index (χ1v) is 8.42. The second-order valence-corrected chi connectivity index (χ2v) is 5.59. The highest BCUT2D eigenvalue weighted by Gasteiger charge is 1.92. The van der Waals surface area contributed by atoms with Crippen LogP contribution >= 0.6 is 0 Å². The summed E-state index contributed by atoms with van der Waals surface area (Å²) in [5.41, 5.74) is 5.37. The third kappa shape index (κ3) is 15.1. The summed E-state index contributed by atoms with van der Waals surface area (Å²) in [6.45, 7) is 2.27. The predicted octanol–water partition coefficient (Wildman–Crippen LogP) is 5.38. The zero-order valence-electron chi connectivity index (χ0n) is 13.3. The lowest BCUT2D eigenvalue weighted by Gasteiger charge is -2.01. The average Bonchev–Trinajstić information content (AvgIpc) is 2.47. The van der Waals surface area contributed by atoms with E-state index in [2.05, 4.69) is 18.2 Å². The van der Waals surface area contributed by atoms with Crippen LogP contribution in [-0.2, 0) is 0 Å². The monoisotopic (exact) mass is 282 g/mol. The summed E-state index contributed by atoms with van der Waals surface area (Å²) < 4.78 is 0. The number of rotatable bonds is 14. The van der Waals surface area contributed by atoms with E-state index in [1.807, 2.05) is 6.08 Å². The van der Waals surface area contributed by atoms with Gasteiger partial charge in [0.1, 0.15) is 5.84 Å². The highest BCUT2D eigenvalue weighted by atomic mass is 16.4. The molecule has 0 aliphatic carbocycles. The minimum atomic E-state index is 0.278. The molecule has 0 atom stereocenters. The van der Waals surface area contributed by atoms with Crippen LogP contribution in [0.2, 0.25) is 0 Å². The van der Waals surface area contributed by atoms with Crippen molar-refractivity contribution in [2.75, 3.05) is 0 Å². The van der Waals surface area contributed by atoms with Crippen LogP contribution in [0.5, 0.6) is 0 Å². The van der Waals surface area contributed by atoms with Crippen LogP contribution in [0.1, 0.15) is 90.4 Å². The summed E-state index contributed by atoms with van der Waals surface area (Å²) in [7, 11) is 0. The molecule has 0 aliphatic rings. The molecule has 0 aliphatic heterocycles. The molecule has 0 radical (unpaired) electrons. The quantitative estimate of drug-likeness (QED) is 0.112. The van der Waals surface area contributed by atoms with Gasteiger partial charge < -0.3 is 10.9 Å². The summed E-state index contributed by atoms with van der Waals surface area (Å²) >= 11 is 0. The fourth-order valence-electron chi connectivity index (χ4n) is 2.29. The minimum absolute atomic E-state index is 0.278. The van der Waals surface area contributed by atoms with Crippen molar-refractivity contribution >= 4 is 5.84 Å². The van der Waals surface area contributed by atoms with E-state index < -0.39 is 0 Å². The summed E-state index contributed by atoms with van der Waals surface area (Å²) in [6.07, 6.45) is 21.0. The molecule has 0 heterocycles. The number of hydrogen-bond donors (Lipinski definition) is 2. The zero-order chi connectivity index (χ0) is 14.9. The van der Waals surface area contributed by atoms with E-state index in [0.29, 0.717) is 6.42 Å². The first-order chi connectivity index (χ1) is 9.81. The van der Waals surface area contributed by atoms with Crippen LogP contribution < -0.4 is 5.73 Å². The highest BCUT2D eigenvalue weighted by Crippen LogP contribution is 2.12. The highest BCUT2D eigenvalue weighted by molar-refractivity contribution is 5.80. The lowest BCUT2D eigenvalue weighted by atomic mass is 10.1. The predicted molar refractivity (Wildman–Crippen MR) is 88.2 cm³/mol. The number of nitrogens with two attached hydrogens (primary N) is 1. The van der Waals surface area contributed by atoms with E-state index in [9.17, 15) is 0 Å². The van der Waals surface area contributed by atoms with Gasteiger partial charge in [-0.1, -0.05) is 88.4 Å². The molecule has 0 unspecified atom stereocenters. The largest absolute Gasteiger partial charge is 0.409 e. The molecule has 0 aromatic rings. The maximum absolute atomic E-state index is 8.37. The average molecular weight is 282 g/mol. The number of unbranched alkanes of at least 4 members (excludes halogenated alkanes) is 11. The van der Waals surface area contributed by atoms with Crippen molar-refractivity contribution in [3.05, 3.63) is 12.2 Å². The third-order valence-corrected chi connectivity index (χ3v) is 3.60. The first kappa shape index (κ1) is 19.0. The Morgan fingerprint density at radius 3 is 1.85 bits per heavy atom. The Morgan fingerprint density at radius 1 is 0.850 bits per heavy atom. The Balaban J connectivity index is 3.10. The van der Waals surface area contributed by atoms with Gasteiger partial charge in [0.05, 0.1) is 0 Å². The SMILES string of the molecule is CCCCCCCCCCCCC/C=C/C/C(N)=N/O.